The molecule has 0 aliphatic rings. The molecule has 28 heavy (non-hydrogen) atoms. The average Bonchev–Trinajstić information content (AvgIpc) is 2.63. The summed E-state index contributed by atoms with van der Waals surface area (Å²) < 4.78 is 0. The molecule has 14 heteroatoms. The zero-order valence-electron chi connectivity index (χ0n) is 15.1. The van der Waals surface area contributed by atoms with Crippen LogP contribution in [0.2, 0.25) is 0 Å². The average molecular weight is 405 g/mol. The Hall–Kier alpha value is -2.97. The van der Waals surface area contributed by atoms with Crippen LogP contribution in [0.25, 0.3) is 0 Å². The normalized spacial score (nSPS) is 13.5. The first kappa shape index (κ1) is 25.0. The molecule has 3 unspecified atom stereocenters. The number of hydrogen-bond acceptors (Lipinski definition) is 8. The molecule has 0 heterocycles. The molecule has 0 saturated heterocycles. The van der Waals surface area contributed by atoms with Crippen LogP contribution in [0, 0.1) is 0 Å². The van der Waals surface area contributed by atoms with Gasteiger partial charge in [0.25, 0.3) is 11.8 Å². The molecule has 160 valence electrons. The van der Waals surface area contributed by atoms with E-state index in [0.717, 1.165) is 0 Å². The number of aliphatic carboxylic acids is 1. The molecule has 0 saturated carbocycles. The van der Waals surface area contributed by atoms with Crippen molar-refractivity contribution >= 4 is 29.7 Å². The van der Waals surface area contributed by atoms with Crippen LogP contribution in [0.1, 0.15) is 25.7 Å². The minimum atomic E-state index is -1.50. The maximum atomic E-state index is 12.1. The number of carbonyl (C=O) groups is 5. The van der Waals surface area contributed by atoms with Gasteiger partial charge in [0.15, 0.2) is 0 Å². The first-order valence-electron chi connectivity index (χ1n) is 8.36. The highest BCUT2D eigenvalue weighted by atomic mass is 16.4. The third kappa shape index (κ3) is 10.2. The number of hydrazine groups is 1. The number of unbranched alkanes of at least 4 members (excludes halogenated alkanes) is 1. The Morgan fingerprint density at radius 2 is 1.50 bits per heavy atom. The smallest absolute Gasteiger partial charge is 0.326 e. The fourth-order valence-electron chi connectivity index (χ4n) is 1.90. The van der Waals surface area contributed by atoms with E-state index in [0.29, 0.717) is 19.4 Å². The van der Waals surface area contributed by atoms with Crippen molar-refractivity contribution in [2.45, 2.75) is 43.8 Å². The fourth-order valence-corrected chi connectivity index (χ4v) is 1.90. The zero-order valence-corrected chi connectivity index (χ0v) is 15.1. The molecule has 3 atom stereocenters. The van der Waals surface area contributed by atoms with Crippen molar-refractivity contribution in [2.75, 3.05) is 13.2 Å². The molecule has 0 aliphatic heterocycles. The van der Waals surface area contributed by atoms with E-state index in [-0.39, 0.29) is 6.42 Å². The molecular weight excluding hydrogens is 378 g/mol. The van der Waals surface area contributed by atoms with Crippen molar-refractivity contribution < 1.29 is 34.2 Å². The lowest BCUT2D eigenvalue weighted by Crippen LogP contribution is -2.58. The second-order valence-corrected chi connectivity index (χ2v) is 5.78. The lowest BCUT2D eigenvalue weighted by molar-refractivity contribution is -0.139. The second-order valence-electron chi connectivity index (χ2n) is 5.78. The summed E-state index contributed by atoms with van der Waals surface area (Å²) in [6.45, 7) is -0.307. The molecule has 0 spiro atoms. The standard InChI is InChI=1S/C14H27N7O7/c15-4-2-1-3-8(13(26)27)18-14(28)19-9(5-10(17)23)12(25)21-20-11(24)7(16)6-22/h7-9,22H,1-6,15-16H2,(H2,17,23)(H,20,24)(H,21,25)(H,26,27)(H2,18,19,28). The van der Waals surface area contributed by atoms with Gasteiger partial charge in [-0.2, -0.15) is 0 Å². The highest BCUT2D eigenvalue weighted by Crippen LogP contribution is 2.01. The SMILES string of the molecule is NCCCCC(NC(=O)NC(CC(N)=O)C(=O)NNC(=O)C(N)CO)C(=O)O. The van der Waals surface area contributed by atoms with Gasteiger partial charge in [-0.15, -0.1) is 0 Å². The highest BCUT2D eigenvalue weighted by Gasteiger charge is 2.26. The first-order valence-corrected chi connectivity index (χ1v) is 8.36. The number of rotatable bonds is 12. The Morgan fingerprint density at radius 1 is 0.929 bits per heavy atom. The molecule has 14 nitrogen and oxygen atoms in total. The van der Waals surface area contributed by atoms with Gasteiger partial charge >= 0.3 is 12.0 Å². The van der Waals surface area contributed by atoms with Gasteiger partial charge < -0.3 is 38.0 Å². The Bertz CT molecular complexity index is 572. The molecule has 0 aromatic rings. The Morgan fingerprint density at radius 3 is 2.00 bits per heavy atom. The van der Waals surface area contributed by atoms with E-state index >= 15 is 0 Å². The Balaban J connectivity index is 4.84. The van der Waals surface area contributed by atoms with Gasteiger partial charge in [0.2, 0.25) is 5.91 Å². The van der Waals surface area contributed by atoms with Crippen LogP contribution < -0.4 is 38.7 Å². The number of nitrogens with one attached hydrogen (secondary N) is 4. The number of carboxylic acids is 1. The van der Waals surface area contributed by atoms with E-state index in [9.17, 15) is 24.0 Å². The van der Waals surface area contributed by atoms with E-state index in [1.54, 1.807) is 0 Å². The molecule has 0 fully saturated rings. The summed E-state index contributed by atoms with van der Waals surface area (Å²) in [5, 5.41) is 22.1. The minimum absolute atomic E-state index is 0.113. The molecule has 0 bridgehead atoms. The van der Waals surface area contributed by atoms with Crippen molar-refractivity contribution in [3.63, 3.8) is 0 Å². The van der Waals surface area contributed by atoms with Crippen molar-refractivity contribution in [3.8, 4) is 0 Å². The monoisotopic (exact) mass is 405 g/mol. The molecule has 12 N–H and O–H groups in total. The van der Waals surface area contributed by atoms with Crippen molar-refractivity contribution in [2.24, 2.45) is 17.2 Å². The predicted molar refractivity (Wildman–Crippen MR) is 94.9 cm³/mol. The summed E-state index contributed by atoms with van der Waals surface area (Å²) in [5.41, 5.74) is 19.4. The van der Waals surface area contributed by atoms with Crippen LogP contribution >= 0.6 is 0 Å². The summed E-state index contributed by atoms with van der Waals surface area (Å²) in [6.07, 6.45) is 0.513. The van der Waals surface area contributed by atoms with E-state index in [4.69, 9.17) is 27.4 Å². The van der Waals surface area contributed by atoms with Crippen LogP contribution in [0.3, 0.4) is 0 Å². The number of carboxylic acid groups (broad SMARTS) is 1. The molecule has 5 amide bonds. The molecule has 0 aromatic carbocycles. The number of aliphatic hydroxyl groups is 1. The predicted octanol–water partition coefficient (Wildman–Crippen LogP) is -4.42. The van der Waals surface area contributed by atoms with Crippen molar-refractivity contribution in [1.82, 2.24) is 21.5 Å². The first-order chi connectivity index (χ1) is 13.1. The number of nitrogens with two attached hydrogens (primary N) is 3. The summed E-state index contributed by atoms with van der Waals surface area (Å²) in [5.74, 6) is -4.14. The summed E-state index contributed by atoms with van der Waals surface area (Å²) in [4.78, 5) is 57.8. The fraction of sp³-hybridized carbons (Fsp3) is 0.643. The highest BCUT2D eigenvalue weighted by molar-refractivity contribution is 5.93. The van der Waals surface area contributed by atoms with Gasteiger partial charge in [-0.3, -0.25) is 25.2 Å². The van der Waals surface area contributed by atoms with Crippen molar-refractivity contribution in [1.29, 1.82) is 0 Å². The second kappa shape index (κ2) is 13.2. The number of hydrogen-bond donors (Lipinski definition) is 9. The van der Waals surface area contributed by atoms with Gasteiger partial charge in [0, 0.05) is 0 Å². The summed E-state index contributed by atoms with van der Waals surface area (Å²) in [7, 11) is 0. The van der Waals surface area contributed by atoms with Crippen LogP contribution in [0.15, 0.2) is 0 Å². The molecular formula is C14H27N7O7. The zero-order chi connectivity index (χ0) is 21.7. The van der Waals surface area contributed by atoms with Gasteiger partial charge in [-0.25, -0.2) is 9.59 Å². The quantitative estimate of drug-likeness (QED) is 0.112. The maximum Gasteiger partial charge on any atom is 0.326 e. The Kier molecular flexibility index (Phi) is 11.8. The van der Waals surface area contributed by atoms with E-state index in [2.05, 4.69) is 10.6 Å². The van der Waals surface area contributed by atoms with E-state index in [1.165, 1.54) is 0 Å². The lowest BCUT2D eigenvalue weighted by atomic mass is 10.1. The molecule has 0 aromatic heterocycles. The van der Waals surface area contributed by atoms with E-state index < -0.39 is 60.9 Å². The van der Waals surface area contributed by atoms with Gasteiger partial charge in [0.1, 0.15) is 18.1 Å². The lowest BCUT2D eigenvalue weighted by Gasteiger charge is -2.20. The van der Waals surface area contributed by atoms with Gasteiger partial charge in [-0.1, -0.05) is 0 Å². The molecule has 0 radical (unpaired) electrons. The summed E-state index contributed by atoms with van der Waals surface area (Å²) in [6, 6.07) is -5.05. The van der Waals surface area contributed by atoms with Gasteiger partial charge in [0.05, 0.1) is 13.0 Å². The number of carbonyl (C=O) groups excluding carboxylic acids is 4. The Labute approximate surface area is 160 Å². The molecule has 0 rings (SSSR count). The third-order valence-electron chi connectivity index (χ3n) is 3.42. The van der Waals surface area contributed by atoms with E-state index in [1.807, 2.05) is 10.9 Å². The van der Waals surface area contributed by atoms with Crippen LogP contribution in [0.4, 0.5) is 4.79 Å². The van der Waals surface area contributed by atoms with Crippen LogP contribution in [-0.2, 0) is 19.2 Å². The number of amides is 5. The van der Waals surface area contributed by atoms with Crippen molar-refractivity contribution in [3.05, 3.63) is 0 Å². The third-order valence-corrected chi connectivity index (χ3v) is 3.42. The molecule has 0 aliphatic carbocycles. The maximum absolute atomic E-state index is 12.1. The summed E-state index contributed by atoms with van der Waals surface area (Å²) >= 11 is 0. The number of primary amides is 1. The number of aliphatic hydroxyl groups excluding tert-OH is 1. The minimum Gasteiger partial charge on any atom is -0.480 e. The van der Waals surface area contributed by atoms with Gasteiger partial charge in [-0.05, 0) is 25.8 Å². The van der Waals surface area contributed by atoms with Crippen LogP contribution in [0.5, 0.6) is 0 Å². The largest absolute Gasteiger partial charge is 0.480 e. The number of urea groups is 1. The van der Waals surface area contributed by atoms with Crippen LogP contribution in [-0.4, -0.2) is 71.2 Å². The topological polar surface area (TPSA) is 252 Å².